The molecule has 0 bridgehead atoms. The molecular formula is HCoCr2O3. The van der Waals surface area contributed by atoms with Crippen molar-refractivity contribution in [3.8, 4) is 0 Å². The second kappa shape index (κ2) is 35.5. The Kier molecular flexibility index (Phi) is 93.0. The van der Waals surface area contributed by atoms with Crippen LogP contribution in [0.25, 0.3) is 0 Å². The van der Waals surface area contributed by atoms with Crippen LogP contribution < -0.4 is 0 Å². The molecule has 0 amide bonds. The van der Waals surface area contributed by atoms with Crippen LogP contribution in [0, 0.1) is 0 Å². The van der Waals surface area contributed by atoms with Gasteiger partial charge in [0.25, 0.3) is 0 Å². The average molecular weight is 212 g/mol. The number of hydrogen-bond acceptors (Lipinski definition) is 2. The summed E-state index contributed by atoms with van der Waals surface area (Å²) in [5.41, 5.74) is 0. The molecule has 0 saturated carbocycles. The van der Waals surface area contributed by atoms with Crippen molar-refractivity contribution in [1.29, 1.82) is 0 Å². The zero-order valence-corrected chi connectivity index (χ0v) is 6.00. The molecular weight excluding hydrogens is 211 g/mol. The molecule has 0 rings (SSSR count). The van der Waals surface area contributed by atoms with E-state index < -0.39 is 15.5 Å². The van der Waals surface area contributed by atoms with Gasteiger partial charge >= 0.3 is 43.0 Å². The van der Waals surface area contributed by atoms with Crippen molar-refractivity contribution in [2.24, 2.45) is 0 Å². The Balaban J connectivity index is -0.0000000275. The summed E-state index contributed by atoms with van der Waals surface area (Å²) in [4.78, 5) is 0. The van der Waals surface area contributed by atoms with Gasteiger partial charge in [0.15, 0.2) is 0 Å². The molecule has 0 heterocycles. The Morgan fingerprint density at radius 3 is 1.50 bits per heavy atom. The molecule has 40 valence electrons. The van der Waals surface area contributed by atoms with Gasteiger partial charge in [-0.3, -0.25) is 0 Å². The molecule has 0 aromatic heterocycles. The van der Waals surface area contributed by atoms with Gasteiger partial charge in [-0.15, -0.1) is 0 Å². The maximum absolute atomic E-state index is 8.55. The van der Waals surface area contributed by atoms with Crippen LogP contribution in [-0.4, -0.2) is 4.16 Å². The summed E-state index contributed by atoms with van der Waals surface area (Å²) in [5, 5.41) is 0. The zero-order valence-electron chi connectivity index (χ0n) is 2.41. The van der Waals surface area contributed by atoms with E-state index in [-0.39, 0.29) is 17.4 Å². The molecule has 1 N–H and O–H groups in total. The van der Waals surface area contributed by atoms with Crippen LogP contribution in [0.5, 0.6) is 0 Å². The fourth-order valence-electron chi connectivity index (χ4n) is 0. The maximum atomic E-state index is 8.55. The summed E-state index contributed by atoms with van der Waals surface area (Å²) in [6.45, 7) is 0. The van der Waals surface area contributed by atoms with E-state index in [2.05, 4.69) is 15.7 Å². The van der Waals surface area contributed by atoms with Gasteiger partial charge in [0.1, 0.15) is 0 Å². The molecule has 3 nitrogen and oxygen atoms in total. The second-order valence-electron chi connectivity index (χ2n) is 0.0745. The van der Waals surface area contributed by atoms with Crippen LogP contribution in [0.1, 0.15) is 0 Å². The van der Waals surface area contributed by atoms with E-state index in [0.717, 1.165) is 0 Å². The van der Waals surface area contributed by atoms with E-state index in [1.165, 1.54) is 0 Å². The molecule has 0 atom stereocenters. The van der Waals surface area contributed by atoms with Crippen LogP contribution in [-0.2, 0) is 56.2 Å². The third-order valence-corrected chi connectivity index (χ3v) is 0. The van der Waals surface area contributed by atoms with Gasteiger partial charge in [-0.1, -0.05) is 0 Å². The van der Waals surface area contributed by atoms with Gasteiger partial charge in [0.05, 0.1) is 0 Å². The van der Waals surface area contributed by atoms with Gasteiger partial charge in [0, 0.05) is 17.4 Å². The first-order valence-electron chi connectivity index (χ1n) is 0.485. The Morgan fingerprint density at radius 2 is 1.50 bits per heavy atom. The van der Waals surface area contributed by atoms with Crippen molar-refractivity contribution in [2.75, 3.05) is 0 Å². The van der Waals surface area contributed by atoms with Gasteiger partial charge in [-0.2, -0.15) is 0 Å². The van der Waals surface area contributed by atoms with Crippen LogP contribution >= 0.6 is 0 Å². The molecule has 0 unspecified atom stereocenters. The molecule has 0 radical (unpaired) electrons. The topological polar surface area (TPSA) is 54.4 Å². The predicted molar refractivity (Wildman–Crippen MR) is 3.59 cm³/mol. The molecule has 6 heavy (non-hydrogen) atoms. The van der Waals surface area contributed by atoms with Gasteiger partial charge in [-0.05, 0) is 0 Å². The standard InChI is InChI=1S/Co.2Cr.H2O.2O/h;;;1H2;;/q;;+1;;;/p-1. The van der Waals surface area contributed by atoms with E-state index in [4.69, 9.17) is 11.8 Å². The van der Waals surface area contributed by atoms with E-state index in [9.17, 15) is 0 Å². The molecule has 6 heteroatoms. The monoisotopic (exact) mass is 212 g/mol. The fourth-order valence-corrected chi connectivity index (χ4v) is 0. The number of rotatable bonds is 0. The summed E-state index contributed by atoms with van der Waals surface area (Å²) in [6, 6.07) is 0. The predicted octanol–water partition coefficient (Wildman–Crippen LogP) is -0.802. The SMILES string of the molecule is [Cr].[O]=[Co].[O]=[Cr][OH]. The van der Waals surface area contributed by atoms with Gasteiger partial charge < -0.3 is 0 Å². The van der Waals surface area contributed by atoms with E-state index in [0.29, 0.717) is 0 Å². The average Bonchev–Trinajstić information content (AvgIpc) is 1.46. The molecule has 0 aliphatic heterocycles. The summed E-state index contributed by atoms with van der Waals surface area (Å²) in [5.74, 6) is 0. The first kappa shape index (κ1) is 15.7. The van der Waals surface area contributed by atoms with E-state index in [1.54, 1.807) is 0 Å². The zero-order chi connectivity index (χ0) is 4.71. The Labute approximate surface area is 60.3 Å². The van der Waals surface area contributed by atoms with Crippen molar-refractivity contribution >= 4 is 0 Å². The van der Waals surface area contributed by atoms with Gasteiger partial charge in [-0.25, -0.2) is 0 Å². The Bertz CT molecular complexity index is 22.8. The van der Waals surface area contributed by atoms with Crippen LogP contribution in [0.4, 0.5) is 0 Å². The van der Waals surface area contributed by atoms with Crippen molar-refractivity contribution in [3.05, 3.63) is 0 Å². The summed E-state index contributed by atoms with van der Waals surface area (Å²) >= 11 is 0.938. The minimum absolute atomic E-state index is 0. The van der Waals surface area contributed by atoms with Crippen molar-refractivity contribution in [3.63, 3.8) is 0 Å². The van der Waals surface area contributed by atoms with E-state index in [1.807, 2.05) is 0 Å². The molecule has 0 aliphatic rings. The molecule has 0 aliphatic carbocycles. The quantitative estimate of drug-likeness (QED) is 0.571. The molecule has 0 saturated heterocycles. The summed E-state index contributed by atoms with van der Waals surface area (Å²) < 4.78 is 23.6. The molecule has 0 aromatic carbocycles. The molecule has 0 spiro atoms. The van der Waals surface area contributed by atoms with Crippen LogP contribution in [0.3, 0.4) is 0 Å². The summed E-state index contributed by atoms with van der Waals surface area (Å²) in [7, 11) is 0. The molecule has 0 fully saturated rings. The van der Waals surface area contributed by atoms with Crippen LogP contribution in [0.15, 0.2) is 0 Å². The van der Waals surface area contributed by atoms with Gasteiger partial charge in [0.2, 0.25) is 0 Å². The third-order valence-electron chi connectivity index (χ3n) is 0. The van der Waals surface area contributed by atoms with Crippen molar-refractivity contribution in [2.45, 2.75) is 0 Å². The van der Waals surface area contributed by atoms with Crippen LogP contribution in [0.2, 0.25) is 0 Å². The summed E-state index contributed by atoms with van der Waals surface area (Å²) in [6.07, 6.45) is 0. The number of hydrogen-bond donors (Lipinski definition) is 1. The first-order valence-corrected chi connectivity index (χ1v) is 2.00. The Hall–Kier alpha value is 1.13. The Morgan fingerprint density at radius 1 is 1.50 bits per heavy atom. The minimum atomic E-state index is -1.38. The van der Waals surface area contributed by atoms with Crippen molar-refractivity contribution in [1.82, 2.24) is 0 Å². The normalized spacial score (nSPS) is 3.00. The third kappa shape index (κ3) is 68.4. The van der Waals surface area contributed by atoms with E-state index >= 15 is 0 Å². The second-order valence-corrected chi connectivity index (χ2v) is 0.307. The van der Waals surface area contributed by atoms with Crippen molar-refractivity contribution < 1.29 is 60.3 Å². The fraction of sp³-hybridized carbons (Fsp3) is 0. The first-order chi connectivity index (χ1) is 2.41. The molecule has 0 aromatic rings.